The number of hydrogen-bond donors (Lipinski definition) is 0. The normalized spacial score (nSPS) is 11.6. The Morgan fingerprint density at radius 2 is 1.95 bits per heavy atom. The predicted octanol–water partition coefficient (Wildman–Crippen LogP) is 2.67. The Bertz CT molecular complexity index is 801. The van der Waals surface area contributed by atoms with Crippen LogP contribution in [0.4, 0.5) is 5.69 Å². The Morgan fingerprint density at radius 1 is 1.35 bits per heavy atom. The molecule has 0 atom stereocenters. The molecule has 0 bridgehead atoms. The largest absolute Gasteiger partial charge is 0.294 e. The van der Waals surface area contributed by atoms with Crippen LogP contribution in [0.15, 0.2) is 29.2 Å². The van der Waals surface area contributed by atoms with E-state index in [9.17, 15) is 18.5 Å². The van der Waals surface area contributed by atoms with Gasteiger partial charge in [-0.2, -0.15) is 5.10 Å². The Kier molecular flexibility index (Phi) is 3.72. The van der Waals surface area contributed by atoms with E-state index in [0.717, 1.165) is 4.68 Å². The lowest BCUT2D eigenvalue weighted by molar-refractivity contribution is -0.384. The fraction of sp³-hybridized carbons (Fsp3) is 0.100. The van der Waals surface area contributed by atoms with Gasteiger partial charge in [-0.3, -0.25) is 10.1 Å². The van der Waals surface area contributed by atoms with Crippen LogP contribution in [0.5, 0.6) is 0 Å². The molecule has 0 aliphatic rings. The summed E-state index contributed by atoms with van der Waals surface area (Å²) >= 11 is 5.94. The van der Waals surface area contributed by atoms with Crippen molar-refractivity contribution < 1.29 is 13.3 Å². The van der Waals surface area contributed by atoms with Gasteiger partial charge in [-0.05, 0) is 13.0 Å². The number of halogens is 2. The summed E-state index contributed by atoms with van der Waals surface area (Å²) in [6.45, 7) is 1.40. The van der Waals surface area contributed by atoms with Gasteiger partial charge < -0.3 is 0 Å². The van der Waals surface area contributed by atoms with Crippen LogP contribution in [-0.2, 0) is 9.05 Å². The molecule has 0 spiro atoms. The molecule has 0 radical (unpaired) electrons. The molecule has 1 aromatic heterocycles. The minimum absolute atomic E-state index is 0.0529. The van der Waals surface area contributed by atoms with E-state index in [4.69, 9.17) is 22.3 Å². The van der Waals surface area contributed by atoms with Crippen molar-refractivity contribution in [3.05, 3.63) is 45.2 Å². The first-order chi connectivity index (χ1) is 9.23. The molecule has 10 heteroatoms. The summed E-state index contributed by atoms with van der Waals surface area (Å²) in [6, 6.07) is 5.69. The second-order valence-electron chi connectivity index (χ2n) is 3.80. The van der Waals surface area contributed by atoms with Crippen LogP contribution >= 0.6 is 22.3 Å². The summed E-state index contributed by atoms with van der Waals surface area (Å²) in [6.07, 6.45) is 0. The molecule has 0 saturated heterocycles. The van der Waals surface area contributed by atoms with E-state index in [-0.39, 0.29) is 27.1 Å². The first-order valence-electron chi connectivity index (χ1n) is 5.17. The summed E-state index contributed by atoms with van der Waals surface area (Å²) in [5, 5.41) is 14.6. The molecule has 0 N–H and O–H groups in total. The number of rotatable bonds is 3. The molecule has 0 saturated carbocycles. The van der Waals surface area contributed by atoms with Gasteiger partial charge in [0.05, 0.1) is 10.6 Å². The van der Waals surface area contributed by atoms with Crippen LogP contribution in [0.2, 0.25) is 5.15 Å². The van der Waals surface area contributed by atoms with Crippen LogP contribution in [0.25, 0.3) is 5.69 Å². The maximum atomic E-state index is 11.4. The molecule has 106 valence electrons. The van der Waals surface area contributed by atoms with E-state index in [1.54, 1.807) is 6.07 Å². The number of para-hydroxylation sites is 2. The van der Waals surface area contributed by atoms with Crippen LogP contribution in [0, 0.1) is 17.0 Å². The molecule has 1 heterocycles. The van der Waals surface area contributed by atoms with Crippen molar-refractivity contribution in [3.8, 4) is 5.69 Å². The topological polar surface area (TPSA) is 95.1 Å². The fourth-order valence-corrected chi connectivity index (χ4v) is 3.64. The van der Waals surface area contributed by atoms with E-state index in [0.29, 0.717) is 0 Å². The van der Waals surface area contributed by atoms with E-state index in [1.165, 1.54) is 25.1 Å². The Morgan fingerprint density at radius 3 is 2.45 bits per heavy atom. The lowest BCUT2D eigenvalue weighted by atomic mass is 10.3. The number of aromatic nitrogens is 2. The molecule has 0 aliphatic heterocycles. The highest BCUT2D eigenvalue weighted by atomic mass is 35.7. The number of benzene rings is 1. The number of nitro benzene ring substituents is 1. The summed E-state index contributed by atoms with van der Waals surface area (Å²) < 4.78 is 23.8. The molecule has 20 heavy (non-hydrogen) atoms. The Labute approximate surface area is 123 Å². The average Bonchev–Trinajstić information content (AvgIpc) is 2.64. The van der Waals surface area contributed by atoms with E-state index in [1.807, 2.05) is 0 Å². The fourth-order valence-electron chi connectivity index (χ4n) is 1.72. The second kappa shape index (κ2) is 5.04. The molecule has 0 fully saturated rings. The molecule has 0 amide bonds. The highest BCUT2D eigenvalue weighted by Gasteiger charge is 2.27. The highest BCUT2D eigenvalue weighted by molar-refractivity contribution is 8.13. The number of nitro groups is 1. The van der Waals surface area contributed by atoms with Crippen molar-refractivity contribution in [2.24, 2.45) is 0 Å². The lowest BCUT2D eigenvalue weighted by Crippen LogP contribution is -2.02. The van der Waals surface area contributed by atoms with Crippen molar-refractivity contribution in [2.45, 2.75) is 11.8 Å². The van der Waals surface area contributed by atoms with E-state index in [2.05, 4.69) is 5.10 Å². The monoisotopic (exact) mass is 335 g/mol. The zero-order valence-electron chi connectivity index (χ0n) is 9.95. The van der Waals surface area contributed by atoms with Crippen LogP contribution in [-0.4, -0.2) is 23.1 Å². The molecule has 0 unspecified atom stereocenters. The number of hydrogen-bond acceptors (Lipinski definition) is 5. The van der Waals surface area contributed by atoms with Gasteiger partial charge in [-0.25, -0.2) is 13.1 Å². The Hall–Kier alpha value is -1.64. The first-order valence-corrected chi connectivity index (χ1v) is 7.85. The van der Waals surface area contributed by atoms with Gasteiger partial charge in [0.1, 0.15) is 10.6 Å². The quantitative estimate of drug-likeness (QED) is 0.488. The SMILES string of the molecule is Cc1nn(-c2ccccc2[N+](=O)[O-])c(Cl)c1S(=O)(=O)Cl. The zero-order valence-corrected chi connectivity index (χ0v) is 12.3. The summed E-state index contributed by atoms with van der Waals surface area (Å²) in [4.78, 5) is 10.00. The molecular weight excluding hydrogens is 329 g/mol. The third-order valence-corrected chi connectivity index (χ3v) is 4.40. The van der Waals surface area contributed by atoms with Gasteiger partial charge in [-0.15, -0.1) is 0 Å². The van der Waals surface area contributed by atoms with Crippen LogP contribution in [0.3, 0.4) is 0 Å². The number of aryl methyl sites for hydroxylation is 1. The summed E-state index contributed by atoms with van der Waals surface area (Å²) in [7, 11) is 1.18. The highest BCUT2D eigenvalue weighted by Crippen LogP contribution is 2.32. The van der Waals surface area contributed by atoms with Crippen LogP contribution < -0.4 is 0 Å². The van der Waals surface area contributed by atoms with Gasteiger partial charge in [0.25, 0.3) is 14.7 Å². The van der Waals surface area contributed by atoms with Crippen molar-refractivity contribution in [2.75, 3.05) is 0 Å². The molecule has 1 aromatic carbocycles. The zero-order chi connectivity index (χ0) is 15.1. The maximum Gasteiger partial charge on any atom is 0.294 e. The third-order valence-electron chi connectivity index (χ3n) is 2.50. The molecule has 2 rings (SSSR count). The lowest BCUT2D eigenvalue weighted by Gasteiger charge is -2.03. The molecule has 2 aromatic rings. The van der Waals surface area contributed by atoms with Crippen LogP contribution in [0.1, 0.15) is 5.69 Å². The van der Waals surface area contributed by atoms with E-state index < -0.39 is 14.0 Å². The van der Waals surface area contributed by atoms with Crippen molar-refractivity contribution in [1.82, 2.24) is 9.78 Å². The van der Waals surface area contributed by atoms with Gasteiger partial charge >= 0.3 is 0 Å². The minimum atomic E-state index is -4.10. The standard InChI is InChI=1S/C10H7Cl2N3O4S/c1-6-9(20(12,18)19)10(11)14(13-6)7-4-2-3-5-8(7)15(16)17/h2-5H,1H3. The van der Waals surface area contributed by atoms with Crippen molar-refractivity contribution >= 4 is 37.0 Å². The minimum Gasteiger partial charge on any atom is -0.258 e. The van der Waals surface area contributed by atoms with Gasteiger partial charge in [-0.1, -0.05) is 23.7 Å². The van der Waals surface area contributed by atoms with Crippen molar-refractivity contribution in [3.63, 3.8) is 0 Å². The van der Waals surface area contributed by atoms with Crippen molar-refractivity contribution in [1.29, 1.82) is 0 Å². The van der Waals surface area contributed by atoms with Gasteiger partial charge in [0, 0.05) is 16.7 Å². The average molecular weight is 336 g/mol. The van der Waals surface area contributed by atoms with E-state index >= 15 is 0 Å². The molecule has 0 aliphatic carbocycles. The maximum absolute atomic E-state index is 11.4. The summed E-state index contributed by atoms with van der Waals surface area (Å²) in [5.74, 6) is 0. The first kappa shape index (κ1) is 14.8. The van der Waals surface area contributed by atoms with Gasteiger partial charge in [0.2, 0.25) is 0 Å². The number of nitrogens with zero attached hydrogens (tertiary/aromatic N) is 3. The molecule has 7 nitrogen and oxygen atoms in total. The predicted molar refractivity (Wildman–Crippen MR) is 73.0 cm³/mol. The van der Waals surface area contributed by atoms with Gasteiger partial charge in [0.15, 0.2) is 5.15 Å². The molecular formula is C10H7Cl2N3O4S. The summed E-state index contributed by atoms with van der Waals surface area (Å²) in [5.41, 5.74) is -0.143. The second-order valence-corrected chi connectivity index (χ2v) is 6.66. The Balaban J connectivity index is 2.77. The smallest absolute Gasteiger partial charge is 0.258 e. The third kappa shape index (κ3) is 2.49.